The Kier molecular flexibility index (Phi) is 2.80. The third-order valence-electron chi connectivity index (χ3n) is 5.88. The van der Waals surface area contributed by atoms with Crippen LogP contribution in [0.3, 0.4) is 0 Å². The Balaban J connectivity index is 1.39. The molecule has 112 valence electrons. The lowest BCUT2D eigenvalue weighted by Crippen LogP contribution is -2.31. The van der Waals surface area contributed by atoms with Crippen LogP contribution in [0.1, 0.15) is 17.9 Å². The molecule has 0 aromatic heterocycles. The molecule has 0 amide bonds. The molecule has 2 bridgehead atoms. The van der Waals surface area contributed by atoms with Gasteiger partial charge in [0.25, 0.3) is 0 Å². The van der Waals surface area contributed by atoms with Crippen LogP contribution < -0.4 is 4.90 Å². The van der Waals surface area contributed by atoms with Gasteiger partial charge in [-0.05, 0) is 24.1 Å². The minimum atomic E-state index is 0.422. The molecule has 0 aliphatic carbocycles. The molecule has 2 heteroatoms. The van der Waals surface area contributed by atoms with E-state index in [9.17, 15) is 0 Å². The van der Waals surface area contributed by atoms with Crippen LogP contribution in [0, 0.1) is 11.8 Å². The Morgan fingerprint density at radius 2 is 1.50 bits per heavy atom. The van der Waals surface area contributed by atoms with Gasteiger partial charge in [-0.1, -0.05) is 48.5 Å². The molecule has 5 atom stereocenters. The third kappa shape index (κ3) is 1.83. The van der Waals surface area contributed by atoms with Gasteiger partial charge in [0.15, 0.2) is 0 Å². The highest BCUT2D eigenvalue weighted by atomic mass is 16.5. The fourth-order valence-corrected chi connectivity index (χ4v) is 4.88. The van der Waals surface area contributed by atoms with Gasteiger partial charge < -0.3 is 9.64 Å². The molecule has 3 heterocycles. The summed E-state index contributed by atoms with van der Waals surface area (Å²) in [4.78, 5) is 2.56. The molecule has 2 aromatic carbocycles. The molecule has 0 spiro atoms. The van der Waals surface area contributed by atoms with Gasteiger partial charge in [-0.25, -0.2) is 0 Å². The summed E-state index contributed by atoms with van der Waals surface area (Å²) in [5.74, 6) is 2.03. The topological polar surface area (TPSA) is 12.5 Å². The Morgan fingerprint density at radius 3 is 2.27 bits per heavy atom. The monoisotopic (exact) mass is 291 g/mol. The second-order valence-corrected chi connectivity index (χ2v) is 6.96. The number of rotatable bonds is 2. The van der Waals surface area contributed by atoms with Gasteiger partial charge in [-0.3, -0.25) is 0 Å². The van der Waals surface area contributed by atoms with E-state index in [1.165, 1.54) is 17.7 Å². The number of para-hydroxylation sites is 1. The average Bonchev–Trinajstić information content (AvgIpc) is 3.28. The predicted octanol–water partition coefficient (Wildman–Crippen LogP) is 3.69. The molecule has 5 rings (SSSR count). The second kappa shape index (κ2) is 4.85. The van der Waals surface area contributed by atoms with Gasteiger partial charge in [0.2, 0.25) is 0 Å². The quantitative estimate of drug-likeness (QED) is 0.836. The molecule has 2 aromatic rings. The van der Waals surface area contributed by atoms with Crippen LogP contribution in [0.5, 0.6) is 0 Å². The second-order valence-electron chi connectivity index (χ2n) is 6.96. The first kappa shape index (κ1) is 12.7. The van der Waals surface area contributed by atoms with E-state index in [0.29, 0.717) is 24.0 Å². The summed E-state index contributed by atoms with van der Waals surface area (Å²) in [5.41, 5.74) is 2.83. The maximum absolute atomic E-state index is 6.36. The van der Waals surface area contributed by atoms with E-state index >= 15 is 0 Å². The van der Waals surface area contributed by atoms with Crippen molar-refractivity contribution in [2.75, 3.05) is 18.0 Å². The van der Waals surface area contributed by atoms with Crippen LogP contribution in [0.15, 0.2) is 60.7 Å². The molecule has 0 N–H and O–H groups in total. The van der Waals surface area contributed by atoms with Crippen LogP contribution in [0.2, 0.25) is 0 Å². The summed E-state index contributed by atoms with van der Waals surface area (Å²) in [7, 11) is 0. The minimum Gasteiger partial charge on any atom is -0.374 e. The summed E-state index contributed by atoms with van der Waals surface area (Å²) < 4.78 is 6.36. The lowest BCUT2D eigenvalue weighted by atomic mass is 9.73. The lowest BCUT2D eigenvalue weighted by Gasteiger charge is -2.27. The van der Waals surface area contributed by atoms with Crippen molar-refractivity contribution in [1.29, 1.82) is 0 Å². The largest absolute Gasteiger partial charge is 0.374 e. The van der Waals surface area contributed by atoms with Crippen molar-refractivity contribution in [1.82, 2.24) is 0 Å². The normalized spacial score (nSPS) is 35.8. The van der Waals surface area contributed by atoms with Gasteiger partial charge in [0, 0.05) is 36.5 Å². The summed E-state index contributed by atoms with van der Waals surface area (Å²) in [6.45, 7) is 2.32. The van der Waals surface area contributed by atoms with Crippen LogP contribution >= 0.6 is 0 Å². The zero-order valence-corrected chi connectivity index (χ0v) is 12.6. The van der Waals surface area contributed by atoms with Crippen molar-refractivity contribution in [3.8, 4) is 0 Å². The lowest BCUT2D eigenvalue weighted by molar-refractivity contribution is 0.0808. The van der Waals surface area contributed by atoms with Gasteiger partial charge in [0.05, 0.1) is 12.2 Å². The van der Waals surface area contributed by atoms with Crippen LogP contribution in [-0.4, -0.2) is 25.3 Å². The van der Waals surface area contributed by atoms with Crippen molar-refractivity contribution < 1.29 is 4.74 Å². The minimum absolute atomic E-state index is 0.422. The molecule has 22 heavy (non-hydrogen) atoms. The van der Waals surface area contributed by atoms with Gasteiger partial charge in [-0.15, -0.1) is 0 Å². The molecule has 3 aliphatic heterocycles. The zero-order chi connectivity index (χ0) is 14.5. The van der Waals surface area contributed by atoms with Crippen LogP contribution in [0.25, 0.3) is 0 Å². The first-order valence-electron chi connectivity index (χ1n) is 8.40. The summed E-state index contributed by atoms with van der Waals surface area (Å²) >= 11 is 0. The Morgan fingerprint density at radius 1 is 0.818 bits per heavy atom. The third-order valence-corrected chi connectivity index (χ3v) is 5.88. The van der Waals surface area contributed by atoms with Crippen molar-refractivity contribution in [2.24, 2.45) is 11.8 Å². The first-order valence-corrected chi connectivity index (χ1v) is 8.40. The SMILES string of the molecule is c1ccc([C@@H]2C[C@@H]3O[C@H]2[C@H]2CN(c4ccccc4)C[C@H]23)cc1. The molecular weight excluding hydrogens is 270 g/mol. The standard InChI is InChI=1S/C20H21NO/c1-3-7-14(8-4-1)16-11-19-17-12-21(13-18(17)20(16)22-19)15-9-5-2-6-10-15/h1-10,16-20H,11-13H2/t16-,17+,18-,19-,20+/m0/s1. The highest BCUT2D eigenvalue weighted by Crippen LogP contribution is 2.53. The Hall–Kier alpha value is -1.80. The van der Waals surface area contributed by atoms with E-state index in [1.807, 2.05) is 0 Å². The van der Waals surface area contributed by atoms with Crippen molar-refractivity contribution >= 4 is 5.69 Å². The van der Waals surface area contributed by atoms with E-state index in [2.05, 4.69) is 65.6 Å². The van der Waals surface area contributed by atoms with Crippen LogP contribution in [0.4, 0.5) is 5.69 Å². The van der Waals surface area contributed by atoms with Crippen molar-refractivity contribution in [3.05, 3.63) is 66.2 Å². The highest BCUT2D eigenvalue weighted by molar-refractivity contribution is 5.48. The van der Waals surface area contributed by atoms with E-state index in [1.54, 1.807) is 0 Å². The zero-order valence-electron chi connectivity index (χ0n) is 12.6. The number of anilines is 1. The van der Waals surface area contributed by atoms with E-state index < -0.39 is 0 Å². The molecule has 3 aliphatic rings. The molecule has 0 unspecified atom stereocenters. The first-order chi connectivity index (χ1) is 10.9. The number of nitrogens with zero attached hydrogens (tertiary/aromatic N) is 1. The number of hydrogen-bond acceptors (Lipinski definition) is 2. The van der Waals surface area contributed by atoms with E-state index in [4.69, 9.17) is 4.74 Å². The fourth-order valence-electron chi connectivity index (χ4n) is 4.88. The molecular formula is C20H21NO. The van der Waals surface area contributed by atoms with E-state index in [0.717, 1.165) is 19.0 Å². The smallest absolute Gasteiger partial charge is 0.0697 e. The predicted molar refractivity (Wildman–Crippen MR) is 88.1 cm³/mol. The summed E-state index contributed by atoms with van der Waals surface area (Å²) in [5, 5.41) is 0. The highest BCUT2D eigenvalue weighted by Gasteiger charge is 2.57. The van der Waals surface area contributed by atoms with Gasteiger partial charge in [0.1, 0.15) is 0 Å². The molecule has 3 fully saturated rings. The average molecular weight is 291 g/mol. The Labute approximate surface area is 131 Å². The maximum Gasteiger partial charge on any atom is 0.0697 e. The van der Waals surface area contributed by atoms with Crippen LogP contribution in [-0.2, 0) is 4.74 Å². The summed E-state index contributed by atoms with van der Waals surface area (Å²) in [6.07, 6.45) is 2.10. The van der Waals surface area contributed by atoms with Crippen molar-refractivity contribution in [3.63, 3.8) is 0 Å². The molecule has 0 radical (unpaired) electrons. The van der Waals surface area contributed by atoms with Gasteiger partial charge >= 0.3 is 0 Å². The van der Waals surface area contributed by atoms with Crippen molar-refractivity contribution in [2.45, 2.75) is 24.5 Å². The van der Waals surface area contributed by atoms with E-state index in [-0.39, 0.29) is 0 Å². The number of benzene rings is 2. The summed E-state index contributed by atoms with van der Waals surface area (Å²) in [6, 6.07) is 21.8. The number of ether oxygens (including phenoxy) is 1. The fraction of sp³-hybridized carbons (Fsp3) is 0.400. The number of hydrogen-bond donors (Lipinski definition) is 0. The maximum atomic E-state index is 6.36. The van der Waals surface area contributed by atoms with Gasteiger partial charge in [-0.2, -0.15) is 0 Å². The molecule has 3 saturated heterocycles. The molecule has 0 saturated carbocycles. The number of fused-ring (bicyclic) bond motifs is 5. The Bertz CT molecular complexity index is 656. The molecule has 2 nitrogen and oxygen atoms in total.